The van der Waals surface area contributed by atoms with Gasteiger partial charge < -0.3 is 9.15 Å². The molecule has 3 rings (SSSR count). The minimum Gasteiger partial charge on any atom is -0.485 e. The van der Waals surface area contributed by atoms with Gasteiger partial charge in [0.05, 0.1) is 0 Å². The number of ether oxygens (including phenoxy) is 1. The fourth-order valence-electron chi connectivity index (χ4n) is 1.87. The van der Waals surface area contributed by atoms with Crippen LogP contribution in [0.4, 0.5) is 0 Å². The molecule has 0 unspecified atom stereocenters. The van der Waals surface area contributed by atoms with E-state index < -0.39 is 0 Å². The molecule has 0 N–H and O–H groups in total. The molecular weight excluding hydrogens is 276 g/mol. The lowest BCUT2D eigenvalue weighted by Crippen LogP contribution is -2.10. The number of para-hydroxylation sites is 1. The van der Waals surface area contributed by atoms with Gasteiger partial charge in [0.25, 0.3) is 0 Å². The molecule has 3 nitrogen and oxygen atoms in total. The minimum atomic E-state index is -0.198. The number of hydrogen-bond donors (Lipinski definition) is 0. The zero-order valence-corrected chi connectivity index (χ0v) is 11.3. The van der Waals surface area contributed by atoms with Crippen LogP contribution in [0, 0.1) is 0 Å². The summed E-state index contributed by atoms with van der Waals surface area (Å²) in [5.41, 5.74) is 0.697. The molecule has 0 aliphatic heterocycles. The third kappa shape index (κ3) is 2.68. The Morgan fingerprint density at radius 1 is 1.10 bits per heavy atom. The van der Waals surface area contributed by atoms with Gasteiger partial charge in [-0.15, -0.1) is 0 Å². The number of Topliss-reactive ketones (excluding diaryl/α,β-unsaturated/α-hetero) is 1. The number of ketones is 1. The second-order valence-electron chi connectivity index (χ2n) is 4.31. The van der Waals surface area contributed by atoms with E-state index >= 15 is 0 Å². The van der Waals surface area contributed by atoms with E-state index in [1.807, 2.05) is 24.3 Å². The molecule has 0 saturated heterocycles. The van der Waals surface area contributed by atoms with Crippen molar-refractivity contribution in [3.63, 3.8) is 0 Å². The van der Waals surface area contributed by atoms with Gasteiger partial charge in [-0.2, -0.15) is 0 Å². The fourth-order valence-corrected chi connectivity index (χ4v) is 2.00. The summed E-state index contributed by atoms with van der Waals surface area (Å²) in [4.78, 5) is 12.0. The molecule has 0 bridgehead atoms. The molecule has 20 heavy (non-hydrogen) atoms. The van der Waals surface area contributed by atoms with E-state index in [4.69, 9.17) is 20.8 Å². The average molecular weight is 287 g/mol. The second kappa shape index (κ2) is 5.39. The van der Waals surface area contributed by atoms with E-state index in [1.54, 1.807) is 30.3 Å². The first-order valence-electron chi connectivity index (χ1n) is 6.12. The van der Waals surface area contributed by atoms with Crippen LogP contribution in [-0.2, 0) is 0 Å². The number of benzene rings is 2. The zero-order chi connectivity index (χ0) is 13.9. The molecular formula is C16H11ClO3. The van der Waals surface area contributed by atoms with Gasteiger partial charge in [0.2, 0.25) is 5.78 Å². The molecule has 0 radical (unpaired) electrons. The van der Waals surface area contributed by atoms with Crippen molar-refractivity contribution in [1.29, 1.82) is 0 Å². The van der Waals surface area contributed by atoms with E-state index in [2.05, 4.69) is 0 Å². The van der Waals surface area contributed by atoms with Crippen LogP contribution in [-0.4, -0.2) is 12.4 Å². The summed E-state index contributed by atoms with van der Waals surface area (Å²) in [6.45, 7) is -0.0680. The normalized spacial score (nSPS) is 10.7. The number of carbonyl (C=O) groups is 1. The zero-order valence-electron chi connectivity index (χ0n) is 10.5. The molecule has 0 saturated carbocycles. The van der Waals surface area contributed by atoms with Crippen LogP contribution < -0.4 is 4.74 Å². The molecule has 0 fully saturated rings. The summed E-state index contributed by atoms with van der Waals surface area (Å²) in [6, 6.07) is 16.1. The highest BCUT2D eigenvalue weighted by Crippen LogP contribution is 2.20. The maximum Gasteiger partial charge on any atom is 0.235 e. The fraction of sp³-hybridized carbons (Fsp3) is 0.0625. The van der Waals surface area contributed by atoms with Crippen molar-refractivity contribution in [2.75, 3.05) is 6.61 Å². The van der Waals surface area contributed by atoms with Gasteiger partial charge in [0.1, 0.15) is 11.3 Å². The first kappa shape index (κ1) is 12.8. The second-order valence-corrected chi connectivity index (χ2v) is 4.75. The van der Waals surface area contributed by atoms with Gasteiger partial charge in [0, 0.05) is 10.4 Å². The molecule has 2 aromatic carbocycles. The Morgan fingerprint density at radius 2 is 1.85 bits per heavy atom. The molecule has 4 heteroatoms. The molecule has 0 aliphatic carbocycles. The van der Waals surface area contributed by atoms with Crippen molar-refractivity contribution in [3.05, 3.63) is 65.4 Å². The van der Waals surface area contributed by atoms with Crippen LogP contribution in [0.3, 0.4) is 0 Å². The molecule has 1 heterocycles. The van der Waals surface area contributed by atoms with Crippen LogP contribution in [0.15, 0.2) is 59.0 Å². The number of halogens is 1. The standard InChI is InChI=1S/C16H11ClO3/c17-12-5-7-13(8-6-12)19-10-14(18)16-9-11-3-1-2-4-15(11)20-16/h1-9H,10H2. The highest BCUT2D eigenvalue weighted by Gasteiger charge is 2.12. The monoisotopic (exact) mass is 286 g/mol. The lowest BCUT2D eigenvalue weighted by molar-refractivity contribution is 0.0896. The van der Waals surface area contributed by atoms with Crippen LogP contribution in [0.2, 0.25) is 5.02 Å². The Balaban J connectivity index is 1.71. The van der Waals surface area contributed by atoms with E-state index in [1.165, 1.54) is 0 Å². The maximum atomic E-state index is 12.0. The minimum absolute atomic E-state index is 0.0680. The first-order chi connectivity index (χ1) is 9.72. The van der Waals surface area contributed by atoms with Gasteiger partial charge >= 0.3 is 0 Å². The van der Waals surface area contributed by atoms with E-state index in [9.17, 15) is 4.79 Å². The Hall–Kier alpha value is -2.26. The summed E-state index contributed by atoms with van der Waals surface area (Å²) in [7, 11) is 0. The van der Waals surface area contributed by atoms with E-state index in [-0.39, 0.29) is 12.4 Å². The molecule has 1 aromatic heterocycles. The topological polar surface area (TPSA) is 39.4 Å². The van der Waals surface area contributed by atoms with Crippen LogP contribution in [0.1, 0.15) is 10.6 Å². The lowest BCUT2D eigenvalue weighted by Gasteiger charge is -2.03. The largest absolute Gasteiger partial charge is 0.485 e. The molecule has 0 atom stereocenters. The predicted molar refractivity (Wildman–Crippen MR) is 77.5 cm³/mol. The van der Waals surface area contributed by atoms with Crippen molar-refractivity contribution >= 4 is 28.4 Å². The predicted octanol–water partition coefficient (Wildman–Crippen LogP) is 4.35. The SMILES string of the molecule is O=C(COc1ccc(Cl)cc1)c1cc2ccccc2o1. The lowest BCUT2D eigenvalue weighted by atomic mass is 10.2. The number of fused-ring (bicyclic) bond motifs is 1. The Bertz CT molecular complexity index is 711. The Morgan fingerprint density at radius 3 is 2.60 bits per heavy atom. The van der Waals surface area contributed by atoms with Crippen LogP contribution in [0.25, 0.3) is 11.0 Å². The molecule has 100 valence electrons. The summed E-state index contributed by atoms with van der Waals surface area (Å²) in [5.74, 6) is 0.704. The van der Waals surface area contributed by atoms with Gasteiger partial charge in [-0.1, -0.05) is 29.8 Å². The number of rotatable bonds is 4. The smallest absolute Gasteiger partial charge is 0.235 e. The van der Waals surface area contributed by atoms with Crippen molar-refractivity contribution in [2.24, 2.45) is 0 Å². The number of hydrogen-bond acceptors (Lipinski definition) is 3. The first-order valence-corrected chi connectivity index (χ1v) is 6.50. The van der Waals surface area contributed by atoms with Gasteiger partial charge in [-0.05, 0) is 36.4 Å². The average Bonchev–Trinajstić information content (AvgIpc) is 2.90. The summed E-state index contributed by atoms with van der Waals surface area (Å²) < 4.78 is 10.9. The molecule has 0 aliphatic rings. The number of carbonyl (C=O) groups excluding carboxylic acids is 1. The number of furan rings is 1. The van der Waals surface area contributed by atoms with Crippen molar-refractivity contribution < 1.29 is 13.9 Å². The highest BCUT2D eigenvalue weighted by molar-refractivity contribution is 6.30. The van der Waals surface area contributed by atoms with Crippen LogP contribution >= 0.6 is 11.6 Å². The molecule has 3 aromatic rings. The van der Waals surface area contributed by atoms with Gasteiger partial charge in [-0.3, -0.25) is 4.79 Å². The van der Waals surface area contributed by atoms with Gasteiger partial charge in [-0.25, -0.2) is 0 Å². The van der Waals surface area contributed by atoms with E-state index in [0.717, 1.165) is 5.39 Å². The molecule has 0 amide bonds. The van der Waals surface area contributed by atoms with Crippen LogP contribution in [0.5, 0.6) is 5.75 Å². The Labute approximate surface area is 120 Å². The maximum absolute atomic E-state index is 12.0. The van der Waals surface area contributed by atoms with Crippen molar-refractivity contribution in [3.8, 4) is 5.75 Å². The summed E-state index contributed by atoms with van der Waals surface area (Å²) >= 11 is 5.78. The third-order valence-corrected chi connectivity index (χ3v) is 3.14. The van der Waals surface area contributed by atoms with Crippen molar-refractivity contribution in [2.45, 2.75) is 0 Å². The summed E-state index contributed by atoms with van der Waals surface area (Å²) in [5, 5.41) is 1.53. The quantitative estimate of drug-likeness (QED) is 0.669. The molecule has 0 spiro atoms. The van der Waals surface area contributed by atoms with Crippen molar-refractivity contribution in [1.82, 2.24) is 0 Å². The third-order valence-electron chi connectivity index (χ3n) is 2.88. The summed E-state index contributed by atoms with van der Waals surface area (Å²) in [6.07, 6.45) is 0. The highest BCUT2D eigenvalue weighted by atomic mass is 35.5. The Kier molecular flexibility index (Phi) is 3.44. The van der Waals surface area contributed by atoms with Gasteiger partial charge in [0.15, 0.2) is 12.4 Å². The van der Waals surface area contributed by atoms with E-state index in [0.29, 0.717) is 22.1 Å².